The molecule has 0 aliphatic rings. The molecule has 0 aromatic carbocycles. The molecule has 0 spiro atoms. The van der Waals surface area contributed by atoms with Crippen molar-refractivity contribution in [2.45, 2.75) is 6.42 Å². The van der Waals surface area contributed by atoms with Crippen LogP contribution in [-0.4, -0.2) is 10.9 Å². The van der Waals surface area contributed by atoms with Crippen molar-refractivity contribution in [2.75, 3.05) is 5.88 Å². The highest BCUT2D eigenvalue weighted by atomic mass is 35.5. The summed E-state index contributed by atoms with van der Waals surface area (Å²) in [5.74, 6) is 5.13. The number of nitrogens with zero attached hydrogens (tertiary/aromatic N) is 1. The van der Waals surface area contributed by atoms with Crippen LogP contribution in [0, 0.1) is 17.8 Å². The molecule has 0 N–H and O–H groups in total. The molecule has 13 heavy (non-hydrogen) atoms. The fraction of sp³-hybridized carbons (Fsp3) is 0.222. The van der Waals surface area contributed by atoms with Gasteiger partial charge >= 0.3 is 0 Å². The third-order valence-corrected chi connectivity index (χ3v) is 1.64. The lowest BCUT2D eigenvalue weighted by molar-refractivity contribution is 0.580. The van der Waals surface area contributed by atoms with Crippen LogP contribution in [0.4, 0.5) is 4.39 Å². The van der Waals surface area contributed by atoms with E-state index in [0.29, 0.717) is 17.3 Å². The Labute approximate surface area is 85.9 Å². The van der Waals surface area contributed by atoms with Crippen LogP contribution in [0.2, 0.25) is 5.02 Å². The number of hydrogen-bond donors (Lipinski definition) is 0. The Morgan fingerprint density at radius 3 is 3.00 bits per heavy atom. The lowest BCUT2D eigenvalue weighted by Crippen LogP contribution is -1.87. The fourth-order valence-electron chi connectivity index (χ4n) is 0.715. The number of pyridine rings is 1. The number of halogens is 3. The topological polar surface area (TPSA) is 12.9 Å². The second kappa shape index (κ2) is 5.06. The van der Waals surface area contributed by atoms with Crippen LogP contribution < -0.4 is 0 Å². The molecule has 0 unspecified atom stereocenters. The summed E-state index contributed by atoms with van der Waals surface area (Å²) < 4.78 is 12.9. The van der Waals surface area contributed by atoms with Crippen molar-refractivity contribution in [3.8, 4) is 11.8 Å². The highest BCUT2D eigenvalue weighted by molar-refractivity contribution is 6.30. The summed E-state index contributed by atoms with van der Waals surface area (Å²) in [6.07, 6.45) is 1.76. The number of alkyl halides is 1. The normalized spacial score (nSPS) is 9.15. The molecule has 0 aliphatic carbocycles. The molecule has 0 saturated carbocycles. The smallest absolute Gasteiger partial charge is 0.226 e. The van der Waals surface area contributed by atoms with Crippen molar-refractivity contribution in [3.63, 3.8) is 0 Å². The molecule has 0 bridgehead atoms. The van der Waals surface area contributed by atoms with Gasteiger partial charge in [0.2, 0.25) is 5.95 Å². The van der Waals surface area contributed by atoms with Gasteiger partial charge in [0.25, 0.3) is 0 Å². The van der Waals surface area contributed by atoms with Crippen LogP contribution in [0.15, 0.2) is 12.3 Å². The van der Waals surface area contributed by atoms with Gasteiger partial charge in [0, 0.05) is 18.5 Å². The van der Waals surface area contributed by atoms with E-state index in [0.717, 1.165) is 0 Å². The number of rotatable bonds is 1. The Balaban J connectivity index is 2.89. The minimum absolute atomic E-state index is 0.206. The summed E-state index contributed by atoms with van der Waals surface area (Å²) in [4.78, 5) is 3.42. The van der Waals surface area contributed by atoms with Gasteiger partial charge in [0.15, 0.2) is 0 Å². The Bertz CT molecular complexity index is 354. The zero-order valence-electron chi connectivity index (χ0n) is 6.65. The van der Waals surface area contributed by atoms with Gasteiger partial charge in [-0.3, -0.25) is 0 Å². The van der Waals surface area contributed by atoms with E-state index in [2.05, 4.69) is 16.8 Å². The summed E-state index contributed by atoms with van der Waals surface area (Å²) >= 11 is 11.0. The highest BCUT2D eigenvalue weighted by Crippen LogP contribution is 2.10. The fourth-order valence-corrected chi connectivity index (χ4v) is 0.968. The van der Waals surface area contributed by atoms with Crippen LogP contribution in [0.25, 0.3) is 0 Å². The van der Waals surface area contributed by atoms with E-state index in [9.17, 15) is 4.39 Å². The quantitative estimate of drug-likeness (QED) is 0.401. The largest absolute Gasteiger partial charge is 0.228 e. The second-order valence-electron chi connectivity index (χ2n) is 2.23. The molecule has 1 aromatic rings. The maximum absolute atomic E-state index is 12.9. The van der Waals surface area contributed by atoms with Gasteiger partial charge in [-0.05, 0) is 6.07 Å². The zero-order valence-corrected chi connectivity index (χ0v) is 8.16. The summed E-state index contributed by atoms with van der Waals surface area (Å²) in [6.45, 7) is 0. The Hall–Kier alpha value is -0.780. The summed E-state index contributed by atoms with van der Waals surface area (Å²) in [5.41, 5.74) is 0.206. The van der Waals surface area contributed by atoms with Gasteiger partial charge in [-0.1, -0.05) is 23.4 Å². The lowest BCUT2D eigenvalue weighted by Gasteiger charge is -1.92. The summed E-state index contributed by atoms with van der Waals surface area (Å²) in [7, 11) is 0. The first kappa shape index (κ1) is 10.3. The van der Waals surface area contributed by atoms with Crippen molar-refractivity contribution in [1.29, 1.82) is 0 Å². The molecule has 0 saturated heterocycles. The Kier molecular flexibility index (Phi) is 4.01. The monoisotopic (exact) mass is 217 g/mol. The van der Waals surface area contributed by atoms with E-state index in [1.54, 1.807) is 0 Å². The van der Waals surface area contributed by atoms with Gasteiger partial charge in [-0.15, -0.1) is 11.6 Å². The number of hydrogen-bond acceptors (Lipinski definition) is 1. The Morgan fingerprint density at radius 2 is 2.31 bits per heavy atom. The second-order valence-corrected chi connectivity index (χ2v) is 3.05. The van der Waals surface area contributed by atoms with E-state index < -0.39 is 5.95 Å². The minimum atomic E-state index is -0.605. The van der Waals surface area contributed by atoms with E-state index in [1.165, 1.54) is 12.3 Å². The average molecular weight is 218 g/mol. The first-order valence-corrected chi connectivity index (χ1v) is 4.51. The maximum Gasteiger partial charge on any atom is 0.228 e. The predicted molar refractivity (Wildman–Crippen MR) is 51.4 cm³/mol. The molecule has 68 valence electrons. The van der Waals surface area contributed by atoms with Gasteiger partial charge in [0.1, 0.15) is 0 Å². The van der Waals surface area contributed by atoms with Crippen molar-refractivity contribution >= 4 is 23.2 Å². The van der Waals surface area contributed by atoms with E-state index in [4.69, 9.17) is 23.2 Å². The molecule has 0 fully saturated rings. The molecular weight excluding hydrogens is 212 g/mol. The molecule has 4 heteroatoms. The molecule has 0 radical (unpaired) electrons. The van der Waals surface area contributed by atoms with Crippen LogP contribution in [0.5, 0.6) is 0 Å². The number of aromatic nitrogens is 1. The standard InChI is InChI=1S/C9H6Cl2FN/c10-4-2-1-3-7-5-8(11)6-13-9(7)12/h5-6H,2,4H2. The molecule has 0 amide bonds. The first-order valence-electron chi connectivity index (χ1n) is 3.60. The maximum atomic E-state index is 12.9. The van der Waals surface area contributed by atoms with Crippen LogP contribution >= 0.6 is 23.2 Å². The van der Waals surface area contributed by atoms with Crippen molar-refractivity contribution in [3.05, 3.63) is 28.8 Å². The molecule has 1 nitrogen and oxygen atoms in total. The zero-order chi connectivity index (χ0) is 9.68. The predicted octanol–water partition coefficient (Wildman–Crippen LogP) is 2.85. The molecule has 0 atom stereocenters. The third kappa shape index (κ3) is 3.22. The van der Waals surface area contributed by atoms with Crippen molar-refractivity contribution < 1.29 is 4.39 Å². The lowest BCUT2D eigenvalue weighted by atomic mass is 10.3. The van der Waals surface area contributed by atoms with Gasteiger partial charge in [-0.25, -0.2) is 4.98 Å². The van der Waals surface area contributed by atoms with Gasteiger partial charge < -0.3 is 0 Å². The van der Waals surface area contributed by atoms with E-state index >= 15 is 0 Å². The molecule has 1 aromatic heterocycles. The van der Waals surface area contributed by atoms with Crippen molar-refractivity contribution in [2.24, 2.45) is 0 Å². The molecule has 1 heterocycles. The molecule has 1 rings (SSSR count). The van der Waals surface area contributed by atoms with Crippen LogP contribution in [0.3, 0.4) is 0 Å². The van der Waals surface area contributed by atoms with Gasteiger partial charge in [0.05, 0.1) is 10.6 Å². The molecule has 0 aliphatic heterocycles. The van der Waals surface area contributed by atoms with Crippen LogP contribution in [-0.2, 0) is 0 Å². The summed E-state index contributed by atoms with van der Waals surface area (Å²) in [6, 6.07) is 1.44. The average Bonchev–Trinajstić information content (AvgIpc) is 2.11. The summed E-state index contributed by atoms with van der Waals surface area (Å²) in [5, 5.41) is 0.372. The third-order valence-electron chi connectivity index (χ3n) is 1.25. The van der Waals surface area contributed by atoms with Gasteiger partial charge in [-0.2, -0.15) is 4.39 Å². The van der Waals surface area contributed by atoms with E-state index in [-0.39, 0.29) is 5.56 Å². The Morgan fingerprint density at radius 1 is 1.54 bits per heavy atom. The minimum Gasteiger partial charge on any atom is -0.226 e. The SMILES string of the molecule is Fc1ncc(Cl)cc1C#CCCCl. The first-order chi connectivity index (χ1) is 6.24. The van der Waals surface area contributed by atoms with E-state index in [1.807, 2.05) is 0 Å². The molecular formula is C9H6Cl2FN. The van der Waals surface area contributed by atoms with Crippen LogP contribution in [0.1, 0.15) is 12.0 Å². The highest BCUT2D eigenvalue weighted by Gasteiger charge is 1.99. The van der Waals surface area contributed by atoms with Crippen molar-refractivity contribution in [1.82, 2.24) is 4.98 Å².